The fourth-order valence-electron chi connectivity index (χ4n) is 2.39. The van der Waals surface area contributed by atoms with Gasteiger partial charge in [-0.05, 0) is 38.4 Å². The fourth-order valence-corrected chi connectivity index (χ4v) is 2.39. The molecule has 0 saturated carbocycles. The molecule has 0 aromatic carbocycles. The number of piperidine rings is 1. The zero-order valence-electron chi connectivity index (χ0n) is 10.8. The van der Waals surface area contributed by atoms with Crippen LogP contribution in [0, 0.1) is 0 Å². The van der Waals surface area contributed by atoms with Gasteiger partial charge < -0.3 is 4.74 Å². The highest BCUT2D eigenvalue weighted by molar-refractivity contribution is 5.75. The highest BCUT2D eigenvalue weighted by Gasteiger charge is 2.29. The Labute approximate surface area is 108 Å². The fraction of sp³-hybridized carbons (Fsp3) is 0.571. The van der Waals surface area contributed by atoms with E-state index in [2.05, 4.69) is 9.88 Å². The summed E-state index contributed by atoms with van der Waals surface area (Å²) in [5.41, 5.74) is 1.01. The Morgan fingerprint density at radius 1 is 1.50 bits per heavy atom. The van der Waals surface area contributed by atoms with Gasteiger partial charge in [0.25, 0.3) is 0 Å². The first-order valence-corrected chi connectivity index (χ1v) is 6.62. The van der Waals surface area contributed by atoms with Crippen molar-refractivity contribution >= 4 is 5.97 Å². The molecule has 4 heteroatoms. The van der Waals surface area contributed by atoms with Crippen LogP contribution < -0.4 is 0 Å². The summed E-state index contributed by atoms with van der Waals surface area (Å²) in [5, 5.41) is 0. The van der Waals surface area contributed by atoms with Crippen LogP contribution in [0.1, 0.15) is 31.9 Å². The van der Waals surface area contributed by atoms with Crippen molar-refractivity contribution in [2.24, 2.45) is 0 Å². The average Bonchev–Trinajstić information content (AvgIpc) is 2.41. The van der Waals surface area contributed by atoms with Crippen LogP contribution in [0.4, 0.5) is 0 Å². The summed E-state index contributed by atoms with van der Waals surface area (Å²) in [5.74, 6) is -0.0897. The van der Waals surface area contributed by atoms with Crippen LogP contribution in [0.25, 0.3) is 0 Å². The first-order valence-electron chi connectivity index (χ1n) is 6.62. The summed E-state index contributed by atoms with van der Waals surface area (Å²) in [6.45, 7) is 3.97. The number of aromatic nitrogens is 1. The number of pyridine rings is 1. The van der Waals surface area contributed by atoms with E-state index in [-0.39, 0.29) is 12.0 Å². The number of hydrogen-bond donors (Lipinski definition) is 0. The van der Waals surface area contributed by atoms with E-state index in [9.17, 15) is 4.79 Å². The molecule has 98 valence electrons. The van der Waals surface area contributed by atoms with E-state index in [4.69, 9.17) is 4.74 Å². The average molecular weight is 248 g/mol. The lowest BCUT2D eigenvalue weighted by Gasteiger charge is -2.33. The first-order chi connectivity index (χ1) is 8.81. The molecule has 1 saturated heterocycles. The molecule has 1 aromatic heterocycles. The van der Waals surface area contributed by atoms with Crippen molar-refractivity contribution in [1.82, 2.24) is 9.88 Å². The van der Waals surface area contributed by atoms with Gasteiger partial charge >= 0.3 is 5.97 Å². The van der Waals surface area contributed by atoms with Crippen LogP contribution in [-0.4, -0.2) is 35.0 Å². The minimum atomic E-state index is -0.0966. The van der Waals surface area contributed by atoms with Gasteiger partial charge in [0.1, 0.15) is 6.04 Å². The van der Waals surface area contributed by atoms with Gasteiger partial charge in [0.05, 0.1) is 12.3 Å². The predicted octanol–water partition coefficient (Wildman–Crippen LogP) is 2.00. The highest BCUT2D eigenvalue weighted by Crippen LogP contribution is 2.20. The van der Waals surface area contributed by atoms with Gasteiger partial charge in [0.15, 0.2) is 0 Å². The third kappa shape index (κ3) is 3.29. The van der Waals surface area contributed by atoms with Gasteiger partial charge in [-0.25, -0.2) is 0 Å². The Morgan fingerprint density at radius 2 is 2.39 bits per heavy atom. The molecule has 1 unspecified atom stereocenters. The molecule has 1 aliphatic heterocycles. The van der Waals surface area contributed by atoms with E-state index >= 15 is 0 Å². The molecule has 1 atom stereocenters. The van der Waals surface area contributed by atoms with Gasteiger partial charge in [0, 0.05) is 12.7 Å². The van der Waals surface area contributed by atoms with Crippen molar-refractivity contribution in [3.63, 3.8) is 0 Å². The molecule has 0 spiro atoms. The summed E-state index contributed by atoms with van der Waals surface area (Å²) in [6.07, 6.45) is 4.93. The molecule has 0 N–H and O–H groups in total. The molecule has 1 aliphatic rings. The van der Waals surface area contributed by atoms with E-state index < -0.39 is 0 Å². The molecular weight excluding hydrogens is 228 g/mol. The topological polar surface area (TPSA) is 42.4 Å². The van der Waals surface area contributed by atoms with Crippen LogP contribution in [0.15, 0.2) is 24.4 Å². The lowest BCUT2D eigenvalue weighted by molar-refractivity contribution is -0.151. The normalized spacial score (nSPS) is 20.6. The van der Waals surface area contributed by atoms with E-state index in [1.165, 1.54) is 0 Å². The Hall–Kier alpha value is -1.42. The summed E-state index contributed by atoms with van der Waals surface area (Å²) in [6, 6.07) is 5.78. The Kier molecular flexibility index (Phi) is 4.70. The van der Waals surface area contributed by atoms with Gasteiger partial charge in [-0.15, -0.1) is 0 Å². The van der Waals surface area contributed by atoms with E-state index in [0.29, 0.717) is 6.61 Å². The van der Waals surface area contributed by atoms with Crippen molar-refractivity contribution < 1.29 is 9.53 Å². The van der Waals surface area contributed by atoms with Crippen molar-refractivity contribution in [2.75, 3.05) is 13.2 Å². The predicted molar refractivity (Wildman–Crippen MR) is 68.9 cm³/mol. The highest BCUT2D eigenvalue weighted by atomic mass is 16.5. The lowest BCUT2D eigenvalue weighted by Crippen LogP contribution is -2.45. The zero-order valence-corrected chi connectivity index (χ0v) is 10.8. The molecule has 1 aromatic rings. The number of ether oxygens (including phenoxy) is 1. The van der Waals surface area contributed by atoms with Crippen molar-refractivity contribution in [2.45, 2.75) is 38.8 Å². The second kappa shape index (κ2) is 6.50. The van der Waals surface area contributed by atoms with Crippen LogP contribution in [-0.2, 0) is 16.1 Å². The largest absolute Gasteiger partial charge is 0.465 e. The molecule has 2 heterocycles. The number of carbonyl (C=O) groups is 1. The molecular formula is C14H20N2O2. The van der Waals surface area contributed by atoms with Gasteiger partial charge in [-0.2, -0.15) is 0 Å². The number of carbonyl (C=O) groups excluding carboxylic acids is 1. The Bertz CT molecular complexity index is 381. The lowest BCUT2D eigenvalue weighted by atomic mass is 10.0. The minimum absolute atomic E-state index is 0.0897. The molecule has 18 heavy (non-hydrogen) atoms. The Balaban J connectivity index is 2.01. The maximum atomic E-state index is 11.9. The molecule has 0 aliphatic carbocycles. The van der Waals surface area contributed by atoms with Crippen molar-refractivity contribution in [3.05, 3.63) is 30.1 Å². The molecule has 0 bridgehead atoms. The summed E-state index contributed by atoms with van der Waals surface area (Å²) in [4.78, 5) is 18.4. The van der Waals surface area contributed by atoms with Gasteiger partial charge in [-0.3, -0.25) is 14.7 Å². The number of likely N-dealkylation sites (tertiary alicyclic amines) is 1. The minimum Gasteiger partial charge on any atom is -0.465 e. The summed E-state index contributed by atoms with van der Waals surface area (Å²) >= 11 is 0. The van der Waals surface area contributed by atoms with Crippen LogP contribution >= 0.6 is 0 Å². The molecule has 0 amide bonds. The third-order valence-electron chi connectivity index (χ3n) is 3.26. The number of esters is 1. The zero-order chi connectivity index (χ0) is 12.8. The monoisotopic (exact) mass is 248 g/mol. The SMILES string of the molecule is CCOC(=O)C1CCCCN1Cc1ccccn1. The van der Waals surface area contributed by atoms with Gasteiger partial charge in [-0.1, -0.05) is 12.5 Å². The second-order valence-electron chi connectivity index (χ2n) is 4.56. The van der Waals surface area contributed by atoms with E-state index in [0.717, 1.165) is 38.0 Å². The first kappa shape index (κ1) is 13.0. The maximum absolute atomic E-state index is 11.9. The van der Waals surface area contributed by atoms with Gasteiger partial charge in [0.2, 0.25) is 0 Å². The molecule has 4 nitrogen and oxygen atoms in total. The summed E-state index contributed by atoms with van der Waals surface area (Å²) in [7, 11) is 0. The Morgan fingerprint density at radius 3 is 3.11 bits per heavy atom. The maximum Gasteiger partial charge on any atom is 0.323 e. The quantitative estimate of drug-likeness (QED) is 0.764. The third-order valence-corrected chi connectivity index (χ3v) is 3.26. The van der Waals surface area contributed by atoms with Crippen LogP contribution in [0.3, 0.4) is 0 Å². The second-order valence-corrected chi connectivity index (χ2v) is 4.56. The number of nitrogens with zero attached hydrogens (tertiary/aromatic N) is 2. The standard InChI is InChI=1S/C14H20N2O2/c1-2-18-14(17)13-8-4-6-10-16(13)11-12-7-3-5-9-15-12/h3,5,7,9,13H,2,4,6,8,10-11H2,1H3. The molecule has 0 radical (unpaired) electrons. The molecule has 1 fully saturated rings. The number of rotatable bonds is 4. The van der Waals surface area contributed by atoms with E-state index in [1.807, 2.05) is 25.1 Å². The summed E-state index contributed by atoms with van der Waals surface area (Å²) < 4.78 is 5.15. The van der Waals surface area contributed by atoms with Crippen LogP contribution in [0.5, 0.6) is 0 Å². The molecule has 2 rings (SSSR count). The van der Waals surface area contributed by atoms with E-state index in [1.54, 1.807) is 6.20 Å². The van der Waals surface area contributed by atoms with Crippen molar-refractivity contribution in [1.29, 1.82) is 0 Å². The van der Waals surface area contributed by atoms with Crippen molar-refractivity contribution in [3.8, 4) is 0 Å². The van der Waals surface area contributed by atoms with Crippen LogP contribution in [0.2, 0.25) is 0 Å². The number of hydrogen-bond acceptors (Lipinski definition) is 4. The smallest absolute Gasteiger partial charge is 0.323 e.